The smallest absolute Gasteiger partial charge is 0.269 e. The van der Waals surface area contributed by atoms with Gasteiger partial charge in [-0.1, -0.05) is 12.2 Å². The third kappa shape index (κ3) is 3.52. The number of non-ortho nitro benzene ring substituents is 1. The van der Waals surface area contributed by atoms with Gasteiger partial charge in [-0.25, -0.2) is 0 Å². The van der Waals surface area contributed by atoms with Crippen LogP contribution in [0, 0.1) is 16.0 Å². The van der Waals surface area contributed by atoms with Crippen molar-refractivity contribution in [1.82, 2.24) is 4.90 Å². The zero-order chi connectivity index (χ0) is 16.2. The lowest BCUT2D eigenvalue weighted by atomic mass is 9.93. The van der Waals surface area contributed by atoms with Crippen molar-refractivity contribution in [3.05, 3.63) is 46.5 Å². The number of carbonyl (C=O) groups is 1. The first kappa shape index (κ1) is 15.5. The van der Waals surface area contributed by atoms with Crippen LogP contribution in [-0.4, -0.2) is 41.9 Å². The van der Waals surface area contributed by atoms with Crippen LogP contribution >= 0.6 is 0 Å². The minimum atomic E-state index is -0.390. The second-order valence-corrected chi connectivity index (χ2v) is 6.07. The summed E-state index contributed by atoms with van der Waals surface area (Å²) >= 11 is 0. The van der Waals surface area contributed by atoms with E-state index < -0.39 is 0 Å². The largest absolute Gasteiger partial charge is 0.368 e. The number of hydrogen-bond acceptors (Lipinski definition) is 4. The molecule has 0 radical (unpaired) electrons. The summed E-state index contributed by atoms with van der Waals surface area (Å²) in [5, 5.41) is 10.7. The Morgan fingerprint density at radius 3 is 2.35 bits per heavy atom. The molecule has 0 saturated carbocycles. The lowest BCUT2D eigenvalue weighted by molar-refractivity contribution is -0.384. The number of rotatable bonds is 3. The summed E-state index contributed by atoms with van der Waals surface area (Å²) in [6, 6.07) is 6.62. The fourth-order valence-corrected chi connectivity index (χ4v) is 3.25. The van der Waals surface area contributed by atoms with Gasteiger partial charge in [0, 0.05) is 49.9 Å². The van der Waals surface area contributed by atoms with Gasteiger partial charge in [0.05, 0.1) is 4.92 Å². The quantitative estimate of drug-likeness (QED) is 0.488. The van der Waals surface area contributed by atoms with E-state index in [0.29, 0.717) is 0 Å². The number of carbonyl (C=O) groups excluding carboxylic acids is 1. The third-order valence-corrected chi connectivity index (χ3v) is 4.64. The molecule has 6 nitrogen and oxygen atoms in total. The summed E-state index contributed by atoms with van der Waals surface area (Å²) in [5.74, 6) is 0.420. The lowest BCUT2D eigenvalue weighted by Crippen LogP contribution is -2.50. The van der Waals surface area contributed by atoms with Gasteiger partial charge in [0.2, 0.25) is 5.91 Å². The molecule has 0 N–H and O–H groups in total. The number of nitro benzene ring substituents is 1. The summed E-state index contributed by atoms with van der Waals surface area (Å²) < 4.78 is 0. The molecular weight excluding hydrogens is 294 g/mol. The SMILES string of the molecule is O=C([C@@H]1CC=CCC1)N1CCN(c2ccc([N+](=O)[O-])cc2)CC1. The fourth-order valence-electron chi connectivity index (χ4n) is 3.25. The van der Waals surface area contributed by atoms with E-state index in [0.717, 1.165) is 51.1 Å². The molecule has 0 bridgehead atoms. The summed E-state index contributed by atoms with van der Waals surface area (Å²) in [6.07, 6.45) is 7.08. The minimum absolute atomic E-state index is 0.105. The van der Waals surface area contributed by atoms with E-state index >= 15 is 0 Å². The van der Waals surface area contributed by atoms with Crippen molar-refractivity contribution >= 4 is 17.3 Å². The topological polar surface area (TPSA) is 66.7 Å². The van der Waals surface area contributed by atoms with Crippen LogP contribution in [0.5, 0.6) is 0 Å². The first-order valence-corrected chi connectivity index (χ1v) is 8.08. The Hall–Kier alpha value is -2.37. The molecule has 1 amide bonds. The number of benzene rings is 1. The van der Waals surface area contributed by atoms with E-state index in [2.05, 4.69) is 17.1 Å². The molecule has 0 spiro atoms. The predicted molar refractivity (Wildman–Crippen MR) is 88.4 cm³/mol. The predicted octanol–water partition coefficient (Wildman–Crippen LogP) is 2.60. The van der Waals surface area contributed by atoms with Gasteiger partial charge in [-0.15, -0.1) is 0 Å². The second kappa shape index (κ2) is 6.81. The molecule has 1 saturated heterocycles. The van der Waals surface area contributed by atoms with Gasteiger partial charge < -0.3 is 9.80 Å². The van der Waals surface area contributed by atoms with Gasteiger partial charge in [-0.3, -0.25) is 14.9 Å². The van der Waals surface area contributed by atoms with Crippen molar-refractivity contribution < 1.29 is 9.72 Å². The molecule has 1 fully saturated rings. The maximum absolute atomic E-state index is 12.5. The van der Waals surface area contributed by atoms with Crippen LogP contribution in [0.3, 0.4) is 0 Å². The van der Waals surface area contributed by atoms with Crippen molar-refractivity contribution in [3.8, 4) is 0 Å². The second-order valence-electron chi connectivity index (χ2n) is 6.07. The van der Waals surface area contributed by atoms with E-state index in [1.807, 2.05) is 4.90 Å². The molecule has 2 aliphatic rings. The third-order valence-electron chi connectivity index (χ3n) is 4.64. The Balaban J connectivity index is 1.56. The highest BCUT2D eigenvalue weighted by Crippen LogP contribution is 2.23. The number of piperazine rings is 1. The van der Waals surface area contributed by atoms with Crippen molar-refractivity contribution in [2.75, 3.05) is 31.1 Å². The standard InChI is InChI=1S/C17H21N3O3/c21-17(14-4-2-1-3-5-14)19-12-10-18(11-13-19)15-6-8-16(9-7-15)20(22)23/h1-2,6-9,14H,3-5,10-13H2/t14-/m1/s1. The fraction of sp³-hybridized carbons (Fsp3) is 0.471. The molecule has 1 aliphatic carbocycles. The van der Waals surface area contributed by atoms with Gasteiger partial charge in [0.25, 0.3) is 5.69 Å². The zero-order valence-corrected chi connectivity index (χ0v) is 13.1. The molecule has 1 aromatic rings. The normalized spacial score (nSPS) is 21.3. The first-order valence-electron chi connectivity index (χ1n) is 8.08. The highest BCUT2D eigenvalue weighted by Gasteiger charge is 2.27. The first-order chi connectivity index (χ1) is 11.1. The van der Waals surface area contributed by atoms with Crippen molar-refractivity contribution in [1.29, 1.82) is 0 Å². The highest BCUT2D eigenvalue weighted by atomic mass is 16.6. The molecule has 1 aliphatic heterocycles. The molecule has 0 unspecified atom stereocenters. The van der Waals surface area contributed by atoms with E-state index in [1.165, 1.54) is 12.1 Å². The van der Waals surface area contributed by atoms with Gasteiger partial charge in [0.15, 0.2) is 0 Å². The molecule has 3 rings (SSSR count). The Morgan fingerprint density at radius 2 is 1.78 bits per heavy atom. The molecule has 1 atom stereocenters. The van der Waals surface area contributed by atoms with Gasteiger partial charge in [0.1, 0.15) is 0 Å². The monoisotopic (exact) mass is 315 g/mol. The molecular formula is C17H21N3O3. The number of allylic oxidation sites excluding steroid dienone is 2. The summed E-state index contributed by atoms with van der Waals surface area (Å²) in [7, 11) is 0. The Kier molecular flexibility index (Phi) is 4.60. The van der Waals surface area contributed by atoms with Crippen molar-refractivity contribution in [3.63, 3.8) is 0 Å². The molecule has 122 valence electrons. The molecule has 0 aromatic heterocycles. The van der Waals surface area contributed by atoms with Gasteiger partial charge in [-0.05, 0) is 31.4 Å². The van der Waals surface area contributed by atoms with Crippen LogP contribution in [0.2, 0.25) is 0 Å². The van der Waals surface area contributed by atoms with E-state index in [4.69, 9.17) is 0 Å². The van der Waals surface area contributed by atoms with Crippen molar-refractivity contribution in [2.45, 2.75) is 19.3 Å². The van der Waals surface area contributed by atoms with Crippen LogP contribution in [-0.2, 0) is 4.79 Å². The van der Waals surface area contributed by atoms with Gasteiger partial charge in [-0.2, -0.15) is 0 Å². The zero-order valence-electron chi connectivity index (χ0n) is 13.1. The summed E-state index contributed by atoms with van der Waals surface area (Å²) in [5.41, 5.74) is 1.08. The number of hydrogen-bond donors (Lipinski definition) is 0. The summed E-state index contributed by atoms with van der Waals surface area (Å²) in [6.45, 7) is 2.98. The number of nitro groups is 1. The van der Waals surface area contributed by atoms with Crippen LogP contribution < -0.4 is 4.90 Å². The average molecular weight is 315 g/mol. The van der Waals surface area contributed by atoms with E-state index in [-0.39, 0.29) is 22.4 Å². The number of anilines is 1. The van der Waals surface area contributed by atoms with Gasteiger partial charge >= 0.3 is 0 Å². The lowest BCUT2D eigenvalue weighted by Gasteiger charge is -2.37. The molecule has 1 heterocycles. The molecule has 1 aromatic carbocycles. The maximum atomic E-state index is 12.5. The van der Waals surface area contributed by atoms with Crippen molar-refractivity contribution in [2.24, 2.45) is 5.92 Å². The Morgan fingerprint density at radius 1 is 1.09 bits per heavy atom. The van der Waals surface area contributed by atoms with Crippen LogP contribution in [0.15, 0.2) is 36.4 Å². The highest BCUT2D eigenvalue weighted by molar-refractivity contribution is 5.79. The average Bonchev–Trinajstić information content (AvgIpc) is 2.62. The van der Waals surface area contributed by atoms with Crippen LogP contribution in [0.1, 0.15) is 19.3 Å². The van der Waals surface area contributed by atoms with Crippen LogP contribution in [0.25, 0.3) is 0 Å². The Labute approximate surface area is 135 Å². The number of nitrogens with zero attached hydrogens (tertiary/aromatic N) is 3. The van der Waals surface area contributed by atoms with Crippen LogP contribution in [0.4, 0.5) is 11.4 Å². The molecule has 6 heteroatoms. The Bertz CT molecular complexity index is 604. The van der Waals surface area contributed by atoms with E-state index in [9.17, 15) is 14.9 Å². The molecule has 23 heavy (non-hydrogen) atoms. The maximum Gasteiger partial charge on any atom is 0.269 e. The summed E-state index contributed by atoms with van der Waals surface area (Å²) in [4.78, 5) is 27.0. The van der Waals surface area contributed by atoms with E-state index in [1.54, 1.807) is 12.1 Å². The number of amides is 1. The minimum Gasteiger partial charge on any atom is -0.368 e.